The van der Waals surface area contributed by atoms with Crippen LogP contribution in [0.15, 0.2) is 39.7 Å². The Hall–Kier alpha value is -0.940. The molecule has 0 atom stereocenters. The van der Waals surface area contributed by atoms with Gasteiger partial charge in [-0.05, 0) is 46.6 Å². The Balaban J connectivity index is 2.27. The van der Waals surface area contributed by atoms with Crippen molar-refractivity contribution in [3.8, 4) is 0 Å². The maximum absolute atomic E-state index is 4.13. The van der Waals surface area contributed by atoms with Crippen LogP contribution in [-0.4, -0.2) is 9.97 Å². The summed E-state index contributed by atoms with van der Waals surface area (Å²) in [5, 5.41) is 3.24. The fraction of sp³-hybridized carbons (Fsp3) is 0.0909. The van der Waals surface area contributed by atoms with Crippen LogP contribution in [0.3, 0.4) is 0 Å². The Morgan fingerprint density at radius 1 is 1.12 bits per heavy atom. The van der Waals surface area contributed by atoms with E-state index in [1.54, 1.807) is 0 Å². The monoisotopic (exact) mass is 341 g/mol. The average Bonchev–Trinajstić information content (AvgIpc) is 2.22. The molecule has 2 rings (SSSR count). The molecule has 0 saturated carbocycles. The lowest BCUT2D eigenvalue weighted by atomic mass is 10.2. The molecule has 0 amide bonds. The number of anilines is 2. The van der Waals surface area contributed by atoms with Crippen LogP contribution in [0.1, 0.15) is 5.56 Å². The lowest BCUT2D eigenvalue weighted by Crippen LogP contribution is -1.96. The van der Waals surface area contributed by atoms with Crippen molar-refractivity contribution in [3.05, 3.63) is 45.2 Å². The number of hydrogen-bond donors (Lipinski definition) is 1. The van der Waals surface area contributed by atoms with Crippen LogP contribution in [-0.2, 0) is 0 Å². The van der Waals surface area contributed by atoms with E-state index in [9.17, 15) is 0 Å². The largest absolute Gasteiger partial charge is 0.340 e. The number of nitrogens with zero attached hydrogens (tertiary/aromatic N) is 2. The molecule has 82 valence electrons. The molecule has 0 unspecified atom stereocenters. The van der Waals surface area contributed by atoms with Crippen LogP contribution >= 0.6 is 31.9 Å². The highest BCUT2D eigenvalue weighted by Gasteiger charge is 2.01. The van der Waals surface area contributed by atoms with Gasteiger partial charge in [0.2, 0.25) is 0 Å². The van der Waals surface area contributed by atoms with Crippen LogP contribution in [0.25, 0.3) is 0 Å². The first-order chi connectivity index (χ1) is 7.65. The van der Waals surface area contributed by atoms with Gasteiger partial charge in [-0.1, -0.05) is 15.9 Å². The van der Waals surface area contributed by atoms with Crippen molar-refractivity contribution in [1.82, 2.24) is 9.97 Å². The molecule has 1 aromatic heterocycles. The van der Waals surface area contributed by atoms with Gasteiger partial charge in [0.25, 0.3) is 0 Å². The molecule has 0 radical (unpaired) electrons. The van der Waals surface area contributed by atoms with Crippen molar-refractivity contribution in [2.24, 2.45) is 0 Å². The second kappa shape index (κ2) is 4.93. The van der Waals surface area contributed by atoms with E-state index in [4.69, 9.17) is 0 Å². The molecule has 0 aliphatic carbocycles. The zero-order chi connectivity index (χ0) is 11.5. The summed E-state index contributed by atoms with van der Waals surface area (Å²) >= 11 is 6.74. The van der Waals surface area contributed by atoms with E-state index in [-0.39, 0.29) is 0 Å². The second-order valence-corrected chi connectivity index (χ2v) is 5.04. The third kappa shape index (κ3) is 2.80. The first-order valence-corrected chi connectivity index (χ1v) is 6.24. The van der Waals surface area contributed by atoms with E-state index in [2.05, 4.69) is 53.2 Å². The zero-order valence-electron chi connectivity index (χ0n) is 8.54. The van der Waals surface area contributed by atoms with Crippen molar-refractivity contribution in [2.75, 3.05) is 5.32 Å². The Kier molecular flexibility index (Phi) is 3.56. The lowest BCUT2D eigenvalue weighted by molar-refractivity contribution is 1.14. The maximum Gasteiger partial charge on any atom is 0.134 e. The number of aromatic nitrogens is 2. The smallest absolute Gasteiger partial charge is 0.134 e. The minimum Gasteiger partial charge on any atom is -0.340 e. The van der Waals surface area contributed by atoms with Crippen LogP contribution in [0, 0.1) is 6.92 Å². The SMILES string of the molecule is Cc1cc(Br)ccc1Nc1cc(Br)ncn1. The van der Waals surface area contributed by atoms with Crippen LogP contribution < -0.4 is 5.32 Å². The molecule has 16 heavy (non-hydrogen) atoms. The predicted octanol–water partition coefficient (Wildman–Crippen LogP) is 4.05. The molecule has 5 heteroatoms. The van der Waals surface area contributed by atoms with Gasteiger partial charge in [0.1, 0.15) is 16.7 Å². The molecular weight excluding hydrogens is 334 g/mol. The van der Waals surface area contributed by atoms with E-state index in [0.29, 0.717) is 0 Å². The normalized spacial score (nSPS) is 10.2. The van der Waals surface area contributed by atoms with E-state index in [0.717, 1.165) is 26.1 Å². The summed E-state index contributed by atoms with van der Waals surface area (Å²) in [6, 6.07) is 7.89. The molecule has 0 aliphatic heterocycles. The van der Waals surface area contributed by atoms with Gasteiger partial charge in [-0.25, -0.2) is 9.97 Å². The van der Waals surface area contributed by atoms with Gasteiger partial charge in [0.05, 0.1) is 0 Å². The molecule has 1 heterocycles. The summed E-state index contributed by atoms with van der Waals surface area (Å²) in [6.45, 7) is 2.04. The van der Waals surface area contributed by atoms with Gasteiger partial charge in [-0.15, -0.1) is 0 Å². The van der Waals surface area contributed by atoms with Gasteiger partial charge < -0.3 is 5.32 Å². The number of aryl methyl sites for hydroxylation is 1. The van der Waals surface area contributed by atoms with Crippen molar-refractivity contribution in [1.29, 1.82) is 0 Å². The van der Waals surface area contributed by atoms with Crippen molar-refractivity contribution >= 4 is 43.4 Å². The number of rotatable bonds is 2. The van der Waals surface area contributed by atoms with Crippen LogP contribution in [0.2, 0.25) is 0 Å². The Labute approximate surface area is 111 Å². The minimum atomic E-state index is 0.764. The topological polar surface area (TPSA) is 37.8 Å². The molecule has 0 aliphatic rings. The van der Waals surface area contributed by atoms with Crippen LogP contribution in [0.4, 0.5) is 11.5 Å². The van der Waals surface area contributed by atoms with Crippen molar-refractivity contribution < 1.29 is 0 Å². The molecule has 2 aromatic rings. The van der Waals surface area contributed by atoms with Gasteiger partial charge in [0.15, 0.2) is 0 Å². The number of nitrogens with one attached hydrogen (secondary N) is 1. The highest BCUT2D eigenvalue weighted by molar-refractivity contribution is 9.10. The summed E-state index contributed by atoms with van der Waals surface area (Å²) < 4.78 is 1.83. The first-order valence-electron chi connectivity index (χ1n) is 4.66. The summed E-state index contributed by atoms with van der Waals surface area (Å²) in [4.78, 5) is 8.11. The highest BCUT2D eigenvalue weighted by Crippen LogP contribution is 2.23. The second-order valence-electron chi connectivity index (χ2n) is 3.31. The summed E-state index contributed by atoms with van der Waals surface area (Å²) in [5.41, 5.74) is 2.19. The average molecular weight is 343 g/mol. The quantitative estimate of drug-likeness (QED) is 0.836. The van der Waals surface area contributed by atoms with Crippen LogP contribution in [0.5, 0.6) is 0 Å². The minimum absolute atomic E-state index is 0.764. The Morgan fingerprint density at radius 2 is 1.94 bits per heavy atom. The van der Waals surface area contributed by atoms with Gasteiger partial charge in [0, 0.05) is 16.2 Å². The third-order valence-electron chi connectivity index (χ3n) is 2.08. The van der Waals surface area contributed by atoms with E-state index in [1.165, 1.54) is 6.33 Å². The molecule has 0 bridgehead atoms. The maximum atomic E-state index is 4.13. The molecule has 3 nitrogen and oxygen atoms in total. The summed E-state index contributed by atoms with van der Waals surface area (Å²) in [7, 11) is 0. The lowest BCUT2D eigenvalue weighted by Gasteiger charge is -2.08. The summed E-state index contributed by atoms with van der Waals surface area (Å²) in [6.07, 6.45) is 1.51. The highest BCUT2D eigenvalue weighted by atomic mass is 79.9. The number of halogens is 2. The molecule has 0 saturated heterocycles. The molecule has 1 N–H and O–H groups in total. The Bertz CT molecular complexity index is 514. The van der Waals surface area contributed by atoms with Gasteiger partial charge in [-0.2, -0.15) is 0 Å². The van der Waals surface area contributed by atoms with Crippen molar-refractivity contribution in [3.63, 3.8) is 0 Å². The van der Waals surface area contributed by atoms with Crippen molar-refractivity contribution in [2.45, 2.75) is 6.92 Å². The molecular formula is C11H9Br2N3. The molecule has 0 fully saturated rings. The van der Waals surface area contributed by atoms with E-state index < -0.39 is 0 Å². The van der Waals surface area contributed by atoms with Gasteiger partial charge in [-0.3, -0.25) is 0 Å². The van der Waals surface area contributed by atoms with E-state index >= 15 is 0 Å². The van der Waals surface area contributed by atoms with E-state index in [1.807, 2.05) is 25.1 Å². The molecule has 0 spiro atoms. The Morgan fingerprint density at radius 3 is 2.62 bits per heavy atom. The predicted molar refractivity (Wildman–Crippen MR) is 71.9 cm³/mol. The third-order valence-corrected chi connectivity index (χ3v) is 3.01. The first kappa shape index (κ1) is 11.5. The fourth-order valence-corrected chi connectivity index (χ4v) is 2.09. The van der Waals surface area contributed by atoms with Gasteiger partial charge >= 0.3 is 0 Å². The number of hydrogen-bond acceptors (Lipinski definition) is 3. The standard InChI is InChI=1S/C11H9Br2N3/c1-7-4-8(12)2-3-9(7)16-11-5-10(13)14-6-15-11/h2-6H,1H3,(H,14,15,16). The fourth-order valence-electron chi connectivity index (χ4n) is 1.31. The number of benzene rings is 1. The molecule has 1 aromatic carbocycles. The zero-order valence-corrected chi connectivity index (χ0v) is 11.7. The summed E-state index contributed by atoms with van der Waals surface area (Å²) in [5.74, 6) is 0.771.